The fourth-order valence-corrected chi connectivity index (χ4v) is 4.00. The Labute approximate surface area is 112 Å². The molecule has 2 heterocycles. The molecular formula is C14H20N2OS. The van der Waals surface area contributed by atoms with Crippen molar-refractivity contribution in [1.82, 2.24) is 10.2 Å². The molecule has 1 aromatic heterocycles. The van der Waals surface area contributed by atoms with Gasteiger partial charge >= 0.3 is 0 Å². The Balaban J connectivity index is 1.73. The van der Waals surface area contributed by atoms with Crippen LogP contribution in [0, 0.1) is 11.8 Å². The van der Waals surface area contributed by atoms with Gasteiger partial charge in [-0.15, -0.1) is 11.3 Å². The number of hydrogen-bond donors (Lipinski definition) is 1. The Kier molecular flexibility index (Phi) is 3.39. The smallest absolute Gasteiger partial charge is 0.238 e. The third-order valence-corrected chi connectivity index (χ3v) is 5.29. The highest BCUT2D eigenvalue weighted by atomic mass is 32.1. The molecule has 1 aliphatic heterocycles. The van der Waals surface area contributed by atoms with Gasteiger partial charge in [-0.25, -0.2) is 0 Å². The van der Waals surface area contributed by atoms with E-state index in [9.17, 15) is 4.79 Å². The molecule has 1 saturated heterocycles. The standard InChI is InChI=1S/C14H20N2OS/c1-10-4-2-5-11(10)9-16-13(17)8-15-14(16)12-6-3-7-18-12/h3,6-7,10-11,14-15H,2,4-5,8-9H2,1H3. The molecule has 1 saturated carbocycles. The van der Waals surface area contributed by atoms with Crippen LogP contribution < -0.4 is 5.32 Å². The summed E-state index contributed by atoms with van der Waals surface area (Å²) in [4.78, 5) is 15.4. The van der Waals surface area contributed by atoms with E-state index in [-0.39, 0.29) is 12.1 Å². The van der Waals surface area contributed by atoms with Crippen LogP contribution in [-0.2, 0) is 4.79 Å². The minimum atomic E-state index is 0.116. The zero-order valence-electron chi connectivity index (χ0n) is 10.8. The molecule has 3 rings (SSSR count). The van der Waals surface area contributed by atoms with Crippen molar-refractivity contribution in [3.63, 3.8) is 0 Å². The second kappa shape index (κ2) is 5.02. The van der Waals surface area contributed by atoms with E-state index in [1.54, 1.807) is 11.3 Å². The molecule has 3 nitrogen and oxygen atoms in total. The SMILES string of the molecule is CC1CCCC1CN1C(=O)CNC1c1cccs1. The van der Waals surface area contributed by atoms with Gasteiger partial charge in [0.1, 0.15) is 6.17 Å². The summed E-state index contributed by atoms with van der Waals surface area (Å²) < 4.78 is 0. The van der Waals surface area contributed by atoms with E-state index >= 15 is 0 Å². The minimum absolute atomic E-state index is 0.116. The van der Waals surface area contributed by atoms with Crippen molar-refractivity contribution < 1.29 is 4.79 Å². The fourth-order valence-electron chi connectivity index (χ4n) is 3.19. The number of amides is 1. The number of carbonyl (C=O) groups is 1. The lowest BCUT2D eigenvalue weighted by Gasteiger charge is -2.28. The number of hydrogen-bond acceptors (Lipinski definition) is 3. The monoisotopic (exact) mass is 264 g/mol. The van der Waals surface area contributed by atoms with Gasteiger partial charge < -0.3 is 4.90 Å². The van der Waals surface area contributed by atoms with E-state index in [1.165, 1.54) is 24.1 Å². The predicted octanol–water partition coefficient (Wildman–Crippen LogP) is 2.61. The average Bonchev–Trinajstić information content (AvgIpc) is 3.04. The Hall–Kier alpha value is -0.870. The maximum absolute atomic E-state index is 12.0. The molecule has 98 valence electrons. The van der Waals surface area contributed by atoms with Gasteiger partial charge in [0, 0.05) is 11.4 Å². The molecule has 18 heavy (non-hydrogen) atoms. The number of thiophene rings is 1. The molecule has 0 bridgehead atoms. The first-order valence-electron chi connectivity index (χ1n) is 6.82. The third kappa shape index (κ3) is 2.19. The van der Waals surface area contributed by atoms with Crippen molar-refractivity contribution in [2.24, 2.45) is 11.8 Å². The summed E-state index contributed by atoms with van der Waals surface area (Å²) in [5, 5.41) is 5.41. The lowest BCUT2D eigenvalue weighted by molar-refractivity contribution is -0.128. The van der Waals surface area contributed by atoms with Gasteiger partial charge in [0.15, 0.2) is 0 Å². The summed E-state index contributed by atoms with van der Waals surface area (Å²) in [5.41, 5.74) is 0. The Morgan fingerprint density at radius 2 is 2.39 bits per heavy atom. The first kappa shape index (κ1) is 12.2. The van der Waals surface area contributed by atoms with Crippen LogP contribution in [0.4, 0.5) is 0 Å². The van der Waals surface area contributed by atoms with Crippen LogP contribution in [0.15, 0.2) is 17.5 Å². The third-order valence-electron chi connectivity index (χ3n) is 4.36. The molecule has 0 aromatic carbocycles. The number of nitrogens with one attached hydrogen (secondary N) is 1. The van der Waals surface area contributed by atoms with Crippen molar-refractivity contribution in [2.45, 2.75) is 32.4 Å². The van der Waals surface area contributed by atoms with Gasteiger partial charge in [-0.3, -0.25) is 10.1 Å². The van der Waals surface area contributed by atoms with Crippen LogP contribution >= 0.6 is 11.3 Å². The second-order valence-electron chi connectivity index (χ2n) is 5.51. The summed E-state index contributed by atoms with van der Waals surface area (Å²) in [7, 11) is 0. The maximum atomic E-state index is 12.0. The van der Waals surface area contributed by atoms with Crippen molar-refractivity contribution in [3.05, 3.63) is 22.4 Å². The Bertz CT molecular complexity index is 417. The van der Waals surface area contributed by atoms with Gasteiger partial charge in [-0.2, -0.15) is 0 Å². The predicted molar refractivity (Wildman–Crippen MR) is 73.3 cm³/mol. The molecule has 1 amide bonds. The molecular weight excluding hydrogens is 244 g/mol. The van der Waals surface area contributed by atoms with Crippen LogP contribution in [0.5, 0.6) is 0 Å². The summed E-state index contributed by atoms with van der Waals surface area (Å²) in [6.45, 7) is 3.74. The minimum Gasteiger partial charge on any atom is -0.321 e. The molecule has 3 unspecified atom stereocenters. The van der Waals surface area contributed by atoms with Crippen LogP contribution in [0.1, 0.15) is 37.2 Å². The zero-order chi connectivity index (χ0) is 12.5. The highest BCUT2D eigenvalue weighted by Crippen LogP contribution is 2.35. The van der Waals surface area contributed by atoms with Crippen molar-refractivity contribution in [1.29, 1.82) is 0 Å². The molecule has 0 spiro atoms. The Morgan fingerprint density at radius 1 is 1.50 bits per heavy atom. The maximum Gasteiger partial charge on any atom is 0.238 e. The van der Waals surface area contributed by atoms with Gasteiger partial charge in [-0.1, -0.05) is 25.8 Å². The average molecular weight is 264 g/mol. The largest absolute Gasteiger partial charge is 0.321 e. The topological polar surface area (TPSA) is 32.3 Å². The highest BCUT2D eigenvalue weighted by molar-refractivity contribution is 7.10. The van der Waals surface area contributed by atoms with Crippen molar-refractivity contribution in [3.8, 4) is 0 Å². The van der Waals surface area contributed by atoms with Crippen molar-refractivity contribution in [2.75, 3.05) is 13.1 Å². The second-order valence-corrected chi connectivity index (χ2v) is 6.49. The molecule has 2 fully saturated rings. The number of carbonyl (C=O) groups excluding carboxylic acids is 1. The van der Waals surface area contributed by atoms with Crippen LogP contribution in [0.3, 0.4) is 0 Å². The summed E-state index contributed by atoms with van der Waals surface area (Å²) in [6, 6.07) is 4.17. The van der Waals surface area contributed by atoms with Gasteiger partial charge in [0.2, 0.25) is 5.91 Å². The number of nitrogens with zero attached hydrogens (tertiary/aromatic N) is 1. The lowest BCUT2D eigenvalue weighted by atomic mass is 9.97. The molecule has 1 aliphatic carbocycles. The Morgan fingerprint density at radius 3 is 3.06 bits per heavy atom. The molecule has 0 radical (unpaired) electrons. The van der Waals surface area contributed by atoms with E-state index in [0.717, 1.165) is 12.5 Å². The highest BCUT2D eigenvalue weighted by Gasteiger charge is 2.35. The number of rotatable bonds is 3. The lowest BCUT2D eigenvalue weighted by Crippen LogP contribution is -2.35. The normalized spacial score (nSPS) is 32.4. The summed E-state index contributed by atoms with van der Waals surface area (Å²) in [6.07, 6.45) is 4.04. The molecule has 1 aromatic rings. The van der Waals surface area contributed by atoms with E-state index in [2.05, 4.69) is 34.7 Å². The van der Waals surface area contributed by atoms with Gasteiger partial charge in [0.05, 0.1) is 6.54 Å². The van der Waals surface area contributed by atoms with E-state index in [1.807, 2.05) is 0 Å². The van der Waals surface area contributed by atoms with Crippen molar-refractivity contribution >= 4 is 17.2 Å². The molecule has 2 aliphatic rings. The van der Waals surface area contributed by atoms with Crippen LogP contribution in [0.25, 0.3) is 0 Å². The van der Waals surface area contributed by atoms with E-state index < -0.39 is 0 Å². The summed E-state index contributed by atoms with van der Waals surface area (Å²) >= 11 is 1.73. The van der Waals surface area contributed by atoms with Gasteiger partial charge in [-0.05, 0) is 29.7 Å². The molecule has 4 heteroatoms. The first-order valence-corrected chi connectivity index (χ1v) is 7.70. The zero-order valence-corrected chi connectivity index (χ0v) is 11.6. The first-order chi connectivity index (χ1) is 8.75. The molecule has 1 N–H and O–H groups in total. The summed E-state index contributed by atoms with van der Waals surface area (Å²) in [5.74, 6) is 1.71. The van der Waals surface area contributed by atoms with E-state index in [0.29, 0.717) is 12.5 Å². The van der Waals surface area contributed by atoms with Gasteiger partial charge in [0.25, 0.3) is 0 Å². The fraction of sp³-hybridized carbons (Fsp3) is 0.643. The van der Waals surface area contributed by atoms with Crippen LogP contribution in [0.2, 0.25) is 0 Å². The van der Waals surface area contributed by atoms with E-state index in [4.69, 9.17) is 0 Å². The molecule has 3 atom stereocenters. The van der Waals surface area contributed by atoms with Crippen LogP contribution in [-0.4, -0.2) is 23.9 Å². The quantitative estimate of drug-likeness (QED) is 0.910.